The smallest absolute Gasteiger partial charge is 0.0778 e. The molecule has 1 aromatic heterocycles. The average Bonchev–Trinajstić information content (AvgIpc) is 2.79. The molecule has 1 aromatic carbocycles. The van der Waals surface area contributed by atoms with E-state index in [1.165, 1.54) is 15.6 Å². The summed E-state index contributed by atoms with van der Waals surface area (Å²) < 4.78 is 6.95. The zero-order valence-corrected chi connectivity index (χ0v) is 12.3. The van der Waals surface area contributed by atoms with E-state index in [0.29, 0.717) is 6.04 Å². The molecule has 0 amide bonds. The first-order chi connectivity index (χ1) is 8.58. The van der Waals surface area contributed by atoms with Gasteiger partial charge in [0, 0.05) is 17.9 Å². The molecular formula is C15H21NOS. The van der Waals surface area contributed by atoms with E-state index < -0.39 is 0 Å². The molecule has 2 rings (SSSR count). The Morgan fingerprint density at radius 3 is 2.72 bits per heavy atom. The first-order valence-electron chi connectivity index (χ1n) is 6.26. The van der Waals surface area contributed by atoms with Gasteiger partial charge in [0.05, 0.1) is 5.60 Å². The van der Waals surface area contributed by atoms with Crippen molar-refractivity contribution in [3.63, 3.8) is 0 Å². The number of hydrogen-bond acceptors (Lipinski definition) is 3. The summed E-state index contributed by atoms with van der Waals surface area (Å²) in [5.74, 6) is 0. The van der Waals surface area contributed by atoms with Gasteiger partial charge in [-0.3, -0.25) is 0 Å². The van der Waals surface area contributed by atoms with Gasteiger partial charge in [0.25, 0.3) is 0 Å². The Bertz CT molecular complexity index is 518. The van der Waals surface area contributed by atoms with Crippen molar-refractivity contribution >= 4 is 21.4 Å². The lowest BCUT2D eigenvalue weighted by Crippen LogP contribution is -2.47. The monoisotopic (exact) mass is 263 g/mol. The topological polar surface area (TPSA) is 21.3 Å². The third-order valence-electron chi connectivity index (χ3n) is 3.70. The highest BCUT2D eigenvalue weighted by Crippen LogP contribution is 2.28. The van der Waals surface area contributed by atoms with Crippen molar-refractivity contribution in [1.82, 2.24) is 5.32 Å². The second kappa shape index (κ2) is 5.39. The Hall–Kier alpha value is -0.900. The second-order valence-electron chi connectivity index (χ2n) is 5.11. The fourth-order valence-electron chi connectivity index (χ4n) is 2.25. The van der Waals surface area contributed by atoms with Gasteiger partial charge in [-0.25, -0.2) is 0 Å². The third kappa shape index (κ3) is 2.58. The summed E-state index contributed by atoms with van der Waals surface area (Å²) in [4.78, 5) is 0. The van der Waals surface area contributed by atoms with Gasteiger partial charge >= 0.3 is 0 Å². The van der Waals surface area contributed by atoms with Crippen LogP contribution in [-0.2, 0) is 11.2 Å². The maximum atomic E-state index is 5.59. The number of methoxy groups -OCH3 is 1. The third-order valence-corrected chi connectivity index (χ3v) is 4.71. The minimum atomic E-state index is -0.169. The quantitative estimate of drug-likeness (QED) is 0.892. The van der Waals surface area contributed by atoms with Crippen LogP contribution in [0.1, 0.15) is 19.4 Å². The summed E-state index contributed by atoms with van der Waals surface area (Å²) in [6.07, 6.45) is 0.987. The van der Waals surface area contributed by atoms with Gasteiger partial charge in [-0.15, -0.1) is 11.3 Å². The van der Waals surface area contributed by atoms with Crippen LogP contribution in [0, 0.1) is 0 Å². The van der Waals surface area contributed by atoms with Crippen molar-refractivity contribution in [3.05, 3.63) is 35.2 Å². The molecule has 0 saturated carbocycles. The first kappa shape index (κ1) is 13.5. The van der Waals surface area contributed by atoms with Gasteiger partial charge in [-0.2, -0.15) is 0 Å². The van der Waals surface area contributed by atoms with E-state index in [1.54, 1.807) is 7.11 Å². The Morgan fingerprint density at radius 2 is 2.06 bits per heavy atom. The number of ether oxygens (including phenoxy) is 1. The fraction of sp³-hybridized carbons (Fsp3) is 0.467. The summed E-state index contributed by atoms with van der Waals surface area (Å²) in [5, 5.41) is 7.01. The molecule has 0 aliphatic rings. The van der Waals surface area contributed by atoms with Gasteiger partial charge in [0.1, 0.15) is 0 Å². The van der Waals surface area contributed by atoms with E-state index >= 15 is 0 Å². The summed E-state index contributed by atoms with van der Waals surface area (Å²) >= 11 is 1.82. The molecule has 0 bridgehead atoms. The molecule has 1 unspecified atom stereocenters. The highest BCUT2D eigenvalue weighted by atomic mass is 32.1. The number of fused-ring (bicyclic) bond motifs is 1. The van der Waals surface area contributed by atoms with Crippen molar-refractivity contribution in [1.29, 1.82) is 0 Å². The highest BCUT2D eigenvalue weighted by molar-refractivity contribution is 7.17. The molecule has 3 heteroatoms. The number of rotatable bonds is 5. The standard InChI is InChI=1S/C15H21NOS/c1-15(2,17-4)14(16-3)9-11-10-18-13-8-6-5-7-12(11)13/h5-8,10,14,16H,9H2,1-4H3. The van der Waals surface area contributed by atoms with Crippen LogP contribution in [0.4, 0.5) is 0 Å². The van der Waals surface area contributed by atoms with Crippen LogP contribution in [0.2, 0.25) is 0 Å². The summed E-state index contributed by atoms with van der Waals surface area (Å²) in [6, 6.07) is 8.89. The highest BCUT2D eigenvalue weighted by Gasteiger charge is 2.28. The van der Waals surface area contributed by atoms with Crippen LogP contribution in [0.25, 0.3) is 10.1 Å². The zero-order chi connectivity index (χ0) is 13.2. The molecule has 0 spiro atoms. The van der Waals surface area contributed by atoms with Crippen molar-refractivity contribution in [2.45, 2.75) is 31.9 Å². The molecule has 0 saturated heterocycles. The number of thiophene rings is 1. The predicted molar refractivity (Wildman–Crippen MR) is 79.5 cm³/mol. The SMILES string of the molecule is CNC(Cc1csc2ccccc12)C(C)(C)OC. The van der Waals surface area contributed by atoms with Crippen molar-refractivity contribution < 1.29 is 4.74 Å². The number of nitrogens with one attached hydrogen (secondary N) is 1. The van der Waals surface area contributed by atoms with Gasteiger partial charge in [0.15, 0.2) is 0 Å². The van der Waals surface area contributed by atoms with E-state index in [9.17, 15) is 0 Å². The molecule has 0 aliphatic heterocycles. The maximum Gasteiger partial charge on any atom is 0.0778 e. The molecular weight excluding hydrogens is 242 g/mol. The largest absolute Gasteiger partial charge is 0.377 e. The minimum Gasteiger partial charge on any atom is -0.377 e. The number of hydrogen-bond donors (Lipinski definition) is 1. The normalized spacial score (nSPS) is 14.0. The Morgan fingerprint density at radius 1 is 1.33 bits per heavy atom. The average molecular weight is 263 g/mol. The van der Waals surface area contributed by atoms with E-state index in [0.717, 1.165) is 6.42 Å². The second-order valence-corrected chi connectivity index (χ2v) is 6.02. The van der Waals surface area contributed by atoms with E-state index in [2.05, 4.69) is 48.8 Å². The lowest BCUT2D eigenvalue weighted by Gasteiger charge is -2.33. The molecule has 18 heavy (non-hydrogen) atoms. The molecule has 0 radical (unpaired) electrons. The van der Waals surface area contributed by atoms with Gasteiger partial charge in [0.2, 0.25) is 0 Å². The Labute approximate surface area is 113 Å². The van der Waals surface area contributed by atoms with Crippen LogP contribution >= 0.6 is 11.3 Å². The fourth-order valence-corrected chi connectivity index (χ4v) is 3.22. The molecule has 0 fully saturated rings. The molecule has 0 aliphatic carbocycles. The van der Waals surface area contributed by atoms with E-state index in [-0.39, 0.29) is 5.60 Å². The molecule has 2 nitrogen and oxygen atoms in total. The zero-order valence-electron chi connectivity index (χ0n) is 11.5. The number of likely N-dealkylation sites (N-methyl/N-ethyl adjacent to an activating group) is 1. The summed E-state index contributed by atoms with van der Waals surface area (Å²) in [6.45, 7) is 4.26. The molecule has 98 valence electrons. The summed E-state index contributed by atoms with van der Waals surface area (Å²) in [5.41, 5.74) is 1.23. The predicted octanol–water partition coefficient (Wildman–Crippen LogP) is 3.46. The Balaban J connectivity index is 2.27. The van der Waals surface area contributed by atoms with E-state index in [4.69, 9.17) is 4.74 Å². The lowest BCUT2D eigenvalue weighted by molar-refractivity contribution is -0.00787. The maximum absolute atomic E-state index is 5.59. The van der Waals surface area contributed by atoms with Gasteiger partial charge in [-0.1, -0.05) is 18.2 Å². The van der Waals surface area contributed by atoms with Gasteiger partial charge in [-0.05, 0) is 49.7 Å². The molecule has 1 atom stereocenters. The van der Waals surface area contributed by atoms with Crippen molar-refractivity contribution in [2.75, 3.05) is 14.2 Å². The van der Waals surface area contributed by atoms with Crippen LogP contribution in [0.3, 0.4) is 0 Å². The van der Waals surface area contributed by atoms with Crippen LogP contribution < -0.4 is 5.32 Å². The van der Waals surface area contributed by atoms with Gasteiger partial charge < -0.3 is 10.1 Å². The molecule has 2 aromatic rings. The van der Waals surface area contributed by atoms with Crippen LogP contribution in [-0.4, -0.2) is 25.8 Å². The summed E-state index contributed by atoms with van der Waals surface area (Å²) in [7, 11) is 3.77. The number of benzene rings is 1. The molecule has 1 heterocycles. The minimum absolute atomic E-state index is 0.169. The van der Waals surface area contributed by atoms with Crippen LogP contribution in [0.5, 0.6) is 0 Å². The van der Waals surface area contributed by atoms with Crippen molar-refractivity contribution in [2.24, 2.45) is 0 Å². The molecule has 1 N–H and O–H groups in total. The van der Waals surface area contributed by atoms with Crippen molar-refractivity contribution in [3.8, 4) is 0 Å². The van der Waals surface area contributed by atoms with Crippen LogP contribution in [0.15, 0.2) is 29.6 Å². The lowest BCUT2D eigenvalue weighted by atomic mass is 9.92. The first-order valence-corrected chi connectivity index (χ1v) is 7.14. The Kier molecular flexibility index (Phi) is 4.05. The van der Waals surface area contributed by atoms with E-state index in [1.807, 2.05) is 18.4 Å².